The fraction of sp³-hybridized carbons (Fsp3) is 0.615. The Morgan fingerprint density at radius 1 is 1.24 bits per heavy atom. The zero-order valence-electron chi connectivity index (χ0n) is 11.1. The van der Waals surface area contributed by atoms with Crippen molar-refractivity contribution in [3.63, 3.8) is 0 Å². The van der Waals surface area contributed by atoms with Gasteiger partial charge in [-0.05, 0) is 30.3 Å². The molecule has 1 aromatic rings. The SMILES string of the molecule is CC[Si](CC)(CC)OC(CN)c1ccccn1. The molecule has 0 aliphatic rings. The number of hydrogen-bond donors (Lipinski definition) is 1. The number of aromatic nitrogens is 1. The standard InChI is InChI=1S/C13H24N2OSi/c1-4-17(5-2,6-3)16-13(11-14)12-9-7-8-10-15-12/h7-10,13H,4-6,11,14H2,1-3H3. The molecule has 96 valence electrons. The molecule has 0 aliphatic heterocycles. The van der Waals surface area contributed by atoms with E-state index in [0.717, 1.165) is 23.8 Å². The zero-order chi connectivity index (χ0) is 12.7. The van der Waals surface area contributed by atoms with Crippen LogP contribution < -0.4 is 5.73 Å². The Morgan fingerprint density at radius 3 is 2.29 bits per heavy atom. The fourth-order valence-corrected chi connectivity index (χ4v) is 4.92. The van der Waals surface area contributed by atoms with Crippen LogP contribution in [0, 0.1) is 0 Å². The quantitative estimate of drug-likeness (QED) is 0.759. The van der Waals surface area contributed by atoms with Crippen LogP contribution in [-0.2, 0) is 4.43 Å². The van der Waals surface area contributed by atoms with E-state index in [0.29, 0.717) is 6.54 Å². The van der Waals surface area contributed by atoms with Gasteiger partial charge in [-0.25, -0.2) is 0 Å². The summed E-state index contributed by atoms with van der Waals surface area (Å²) in [6, 6.07) is 9.33. The van der Waals surface area contributed by atoms with Crippen molar-refractivity contribution >= 4 is 8.32 Å². The second-order valence-corrected chi connectivity index (χ2v) is 9.06. The third-order valence-corrected chi connectivity index (χ3v) is 8.21. The average Bonchev–Trinajstić information content (AvgIpc) is 2.42. The Balaban J connectivity index is 2.82. The summed E-state index contributed by atoms with van der Waals surface area (Å²) in [6.45, 7) is 7.19. The third-order valence-electron chi connectivity index (χ3n) is 3.56. The van der Waals surface area contributed by atoms with E-state index in [4.69, 9.17) is 10.2 Å². The molecule has 3 nitrogen and oxygen atoms in total. The van der Waals surface area contributed by atoms with Crippen molar-refractivity contribution in [2.45, 2.75) is 45.0 Å². The molecule has 17 heavy (non-hydrogen) atoms. The third kappa shape index (κ3) is 3.62. The van der Waals surface area contributed by atoms with E-state index in [1.54, 1.807) is 6.20 Å². The van der Waals surface area contributed by atoms with Crippen LogP contribution in [0.15, 0.2) is 24.4 Å². The second-order valence-electron chi connectivity index (χ2n) is 4.34. The Hall–Kier alpha value is -0.713. The van der Waals surface area contributed by atoms with Crippen molar-refractivity contribution in [2.75, 3.05) is 6.54 Å². The summed E-state index contributed by atoms with van der Waals surface area (Å²) in [6.07, 6.45) is 1.76. The first kappa shape index (κ1) is 14.3. The molecule has 0 aliphatic carbocycles. The summed E-state index contributed by atoms with van der Waals surface area (Å²) in [5.41, 5.74) is 6.79. The molecule has 1 atom stereocenters. The first-order chi connectivity index (χ1) is 8.21. The highest BCUT2D eigenvalue weighted by Crippen LogP contribution is 2.28. The Kier molecular flexibility index (Phi) is 5.81. The molecule has 1 aromatic heterocycles. The molecular weight excluding hydrogens is 228 g/mol. The van der Waals surface area contributed by atoms with Crippen molar-refractivity contribution in [1.29, 1.82) is 0 Å². The van der Waals surface area contributed by atoms with Crippen LogP contribution in [0.2, 0.25) is 18.1 Å². The molecular formula is C13H24N2OSi. The molecule has 1 unspecified atom stereocenters. The normalized spacial score (nSPS) is 13.6. The molecule has 0 bridgehead atoms. The lowest BCUT2D eigenvalue weighted by atomic mass is 10.2. The van der Waals surface area contributed by atoms with E-state index < -0.39 is 8.32 Å². The molecule has 0 spiro atoms. The van der Waals surface area contributed by atoms with Gasteiger partial charge in [-0.1, -0.05) is 26.8 Å². The van der Waals surface area contributed by atoms with Gasteiger partial charge in [0, 0.05) is 12.7 Å². The summed E-state index contributed by atoms with van der Waals surface area (Å²) in [4.78, 5) is 4.35. The highest BCUT2D eigenvalue weighted by atomic mass is 28.4. The van der Waals surface area contributed by atoms with E-state index in [9.17, 15) is 0 Å². The van der Waals surface area contributed by atoms with Gasteiger partial charge in [-0.2, -0.15) is 0 Å². The van der Waals surface area contributed by atoms with Crippen molar-refractivity contribution in [3.05, 3.63) is 30.1 Å². The van der Waals surface area contributed by atoms with Gasteiger partial charge in [0.1, 0.15) is 0 Å². The van der Waals surface area contributed by atoms with Crippen LogP contribution in [0.3, 0.4) is 0 Å². The maximum atomic E-state index is 6.37. The number of hydrogen-bond acceptors (Lipinski definition) is 3. The van der Waals surface area contributed by atoms with Gasteiger partial charge < -0.3 is 10.2 Å². The predicted molar refractivity (Wildman–Crippen MR) is 74.3 cm³/mol. The summed E-state index contributed by atoms with van der Waals surface area (Å²) in [5.74, 6) is 0. The van der Waals surface area contributed by atoms with Crippen LogP contribution in [-0.4, -0.2) is 19.8 Å². The first-order valence-electron chi connectivity index (χ1n) is 6.50. The van der Waals surface area contributed by atoms with Gasteiger partial charge in [-0.15, -0.1) is 0 Å². The van der Waals surface area contributed by atoms with E-state index in [-0.39, 0.29) is 6.10 Å². The average molecular weight is 252 g/mol. The van der Waals surface area contributed by atoms with Gasteiger partial charge in [0.2, 0.25) is 0 Å². The molecule has 0 aromatic carbocycles. The maximum Gasteiger partial charge on any atom is 0.193 e. The summed E-state index contributed by atoms with van der Waals surface area (Å²) in [7, 11) is -1.60. The Morgan fingerprint density at radius 2 is 1.88 bits per heavy atom. The van der Waals surface area contributed by atoms with Crippen molar-refractivity contribution in [1.82, 2.24) is 4.98 Å². The molecule has 0 saturated carbocycles. The maximum absolute atomic E-state index is 6.37. The summed E-state index contributed by atoms with van der Waals surface area (Å²) < 4.78 is 6.37. The number of rotatable bonds is 7. The minimum absolute atomic E-state index is 0.0392. The highest BCUT2D eigenvalue weighted by molar-refractivity contribution is 6.73. The minimum atomic E-state index is -1.60. The van der Waals surface area contributed by atoms with Crippen LogP contribution in [0.1, 0.15) is 32.6 Å². The second kappa shape index (κ2) is 6.89. The minimum Gasteiger partial charge on any atom is -0.407 e. The molecule has 0 saturated heterocycles. The van der Waals surface area contributed by atoms with E-state index in [2.05, 4.69) is 25.8 Å². The predicted octanol–water partition coefficient (Wildman–Crippen LogP) is 3.10. The molecule has 1 heterocycles. The topological polar surface area (TPSA) is 48.1 Å². The Bertz CT molecular complexity index is 306. The zero-order valence-corrected chi connectivity index (χ0v) is 12.1. The lowest BCUT2D eigenvalue weighted by molar-refractivity contribution is 0.193. The van der Waals surface area contributed by atoms with E-state index >= 15 is 0 Å². The van der Waals surface area contributed by atoms with Crippen LogP contribution >= 0.6 is 0 Å². The number of pyridine rings is 1. The van der Waals surface area contributed by atoms with Gasteiger partial charge in [0.15, 0.2) is 8.32 Å². The van der Waals surface area contributed by atoms with Crippen molar-refractivity contribution < 1.29 is 4.43 Å². The molecule has 1 rings (SSSR count). The molecule has 4 heteroatoms. The van der Waals surface area contributed by atoms with Gasteiger partial charge in [0.25, 0.3) is 0 Å². The van der Waals surface area contributed by atoms with Gasteiger partial charge in [-0.3, -0.25) is 4.98 Å². The molecule has 2 N–H and O–H groups in total. The smallest absolute Gasteiger partial charge is 0.193 e. The number of nitrogens with zero attached hydrogens (tertiary/aromatic N) is 1. The van der Waals surface area contributed by atoms with Gasteiger partial charge >= 0.3 is 0 Å². The largest absolute Gasteiger partial charge is 0.407 e. The lowest BCUT2D eigenvalue weighted by Crippen LogP contribution is -2.39. The molecule has 0 radical (unpaired) electrons. The summed E-state index contributed by atoms with van der Waals surface area (Å²) >= 11 is 0. The monoisotopic (exact) mass is 252 g/mol. The van der Waals surface area contributed by atoms with Crippen molar-refractivity contribution in [3.8, 4) is 0 Å². The molecule has 0 fully saturated rings. The highest BCUT2D eigenvalue weighted by Gasteiger charge is 2.32. The summed E-state index contributed by atoms with van der Waals surface area (Å²) in [5, 5.41) is 0. The van der Waals surface area contributed by atoms with E-state index in [1.807, 2.05) is 18.2 Å². The van der Waals surface area contributed by atoms with Crippen LogP contribution in [0.5, 0.6) is 0 Å². The van der Waals surface area contributed by atoms with Crippen LogP contribution in [0.25, 0.3) is 0 Å². The fourth-order valence-electron chi connectivity index (χ4n) is 2.10. The van der Waals surface area contributed by atoms with E-state index in [1.165, 1.54) is 0 Å². The first-order valence-corrected chi connectivity index (χ1v) is 9.03. The van der Waals surface area contributed by atoms with Crippen molar-refractivity contribution in [2.24, 2.45) is 5.73 Å². The van der Waals surface area contributed by atoms with Gasteiger partial charge in [0.05, 0.1) is 11.8 Å². The lowest BCUT2D eigenvalue weighted by Gasteiger charge is -2.32. The Labute approximate surface area is 106 Å². The van der Waals surface area contributed by atoms with Crippen LogP contribution in [0.4, 0.5) is 0 Å². The number of nitrogens with two attached hydrogens (primary N) is 1. The molecule has 0 amide bonds.